The second kappa shape index (κ2) is 8.97. The van der Waals surface area contributed by atoms with Gasteiger partial charge in [-0.1, -0.05) is 29.3 Å². The molecule has 5 nitrogen and oxygen atoms in total. The number of nitrogens with zero attached hydrogens (tertiary/aromatic N) is 1. The molecule has 32 heavy (non-hydrogen) atoms. The predicted molar refractivity (Wildman–Crippen MR) is 127 cm³/mol. The molecular weight excluding hydrogens is 424 g/mol. The number of rotatable bonds is 3. The van der Waals surface area contributed by atoms with Crippen molar-refractivity contribution in [2.45, 2.75) is 26.7 Å². The quantitative estimate of drug-likeness (QED) is 0.550. The van der Waals surface area contributed by atoms with E-state index >= 15 is 0 Å². The number of amides is 2. The van der Waals surface area contributed by atoms with E-state index in [1.165, 1.54) is 0 Å². The smallest absolute Gasteiger partial charge is 0.258 e. The third-order valence-electron chi connectivity index (χ3n) is 5.58. The molecule has 3 aromatic carbocycles. The Kier molecular flexibility index (Phi) is 6.10. The zero-order chi connectivity index (χ0) is 22.8. The summed E-state index contributed by atoms with van der Waals surface area (Å²) < 4.78 is 0. The highest BCUT2D eigenvalue weighted by molar-refractivity contribution is 6.31. The Morgan fingerprint density at radius 1 is 1.00 bits per heavy atom. The van der Waals surface area contributed by atoms with Crippen LogP contribution in [0.4, 0.5) is 11.4 Å². The Bertz CT molecular complexity index is 1240. The second-order valence-corrected chi connectivity index (χ2v) is 8.43. The Morgan fingerprint density at radius 2 is 1.81 bits per heavy atom. The molecule has 0 bridgehead atoms. The van der Waals surface area contributed by atoms with Crippen molar-refractivity contribution in [2.75, 3.05) is 16.8 Å². The van der Waals surface area contributed by atoms with Crippen LogP contribution in [0, 0.1) is 13.8 Å². The van der Waals surface area contributed by atoms with E-state index in [1.54, 1.807) is 47.4 Å². The van der Waals surface area contributed by atoms with E-state index in [9.17, 15) is 14.4 Å². The first kappa shape index (κ1) is 21.8. The molecule has 0 radical (unpaired) electrons. The molecule has 0 aliphatic carbocycles. The summed E-state index contributed by atoms with van der Waals surface area (Å²) in [7, 11) is 0. The van der Waals surface area contributed by atoms with E-state index in [0.29, 0.717) is 52.5 Å². The van der Waals surface area contributed by atoms with Gasteiger partial charge >= 0.3 is 0 Å². The summed E-state index contributed by atoms with van der Waals surface area (Å²) in [6.07, 6.45) is 0.959. The van der Waals surface area contributed by atoms with Gasteiger partial charge in [0, 0.05) is 40.4 Å². The van der Waals surface area contributed by atoms with Crippen LogP contribution < -0.4 is 10.2 Å². The first-order valence-electron chi connectivity index (χ1n) is 10.5. The Labute approximate surface area is 192 Å². The van der Waals surface area contributed by atoms with Gasteiger partial charge < -0.3 is 10.2 Å². The number of carbonyl (C=O) groups is 3. The van der Waals surface area contributed by atoms with Crippen molar-refractivity contribution >= 4 is 40.6 Å². The zero-order valence-electron chi connectivity index (χ0n) is 17.9. The number of benzene rings is 3. The number of hydrogen-bond acceptors (Lipinski definition) is 3. The van der Waals surface area contributed by atoms with E-state index in [1.807, 2.05) is 32.0 Å². The first-order chi connectivity index (χ1) is 15.3. The summed E-state index contributed by atoms with van der Waals surface area (Å²) in [6, 6.07) is 17.6. The molecule has 1 N–H and O–H groups in total. The van der Waals surface area contributed by atoms with Gasteiger partial charge in [-0.3, -0.25) is 14.4 Å². The van der Waals surface area contributed by atoms with Gasteiger partial charge in [-0.25, -0.2) is 0 Å². The molecule has 0 spiro atoms. The number of ketones is 1. The van der Waals surface area contributed by atoms with Crippen LogP contribution in [0.5, 0.6) is 0 Å². The average Bonchev–Trinajstić information content (AvgIpc) is 2.92. The van der Waals surface area contributed by atoms with Gasteiger partial charge in [-0.05, 0) is 74.4 Å². The molecule has 1 aliphatic rings. The Hall–Kier alpha value is -3.44. The number of anilines is 2. The minimum Gasteiger partial charge on any atom is -0.322 e. The van der Waals surface area contributed by atoms with Crippen molar-refractivity contribution in [1.29, 1.82) is 0 Å². The summed E-state index contributed by atoms with van der Waals surface area (Å²) in [5, 5.41) is 3.36. The molecule has 1 aliphatic heterocycles. The summed E-state index contributed by atoms with van der Waals surface area (Å²) in [5.41, 5.74) is 4.52. The maximum atomic E-state index is 13.4. The fourth-order valence-electron chi connectivity index (χ4n) is 3.95. The van der Waals surface area contributed by atoms with Gasteiger partial charge in [0.2, 0.25) is 0 Å². The molecule has 0 saturated heterocycles. The minimum atomic E-state index is -0.205. The molecule has 162 valence electrons. The van der Waals surface area contributed by atoms with Crippen LogP contribution >= 0.6 is 11.6 Å². The first-order valence-corrected chi connectivity index (χ1v) is 10.8. The Balaban J connectivity index is 1.59. The topological polar surface area (TPSA) is 66.5 Å². The zero-order valence-corrected chi connectivity index (χ0v) is 18.7. The molecule has 4 rings (SSSR count). The molecule has 2 amide bonds. The maximum absolute atomic E-state index is 13.4. The number of hydrogen-bond donors (Lipinski definition) is 1. The molecule has 0 saturated carbocycles. The maximum Gasteiger partial charge on any atom is 0.258 e. The lowest BCUT2D eigenvalue weighted by atomic mass is 10.0. The Morgan fingerprint density at radius 3 is 2.56 bits per heavy atom. The number of carbonyl (C=O) groups excluding carboxylic acids is 3. The molecule has 0 fully saturated rings. The summed E-state index contributed by atoms with van der Waals surface area (Å²) in [4.78, 5) is 40.1. The van der Waals surface area contributed by atoms with E-state index < -0.39 is 0 Å². The third-order valence-corrected chi connectivity index (χ3v) is 5.81. The van der Waals surface area contributed by atoms with Crippen LogP contribution in [-0.2, 0) is 0 Å². The lowest BCUT2D eigenvalue weighted by Gasteiger charge is -2.23. The molecule has 6 heteroatoms. The molecule has 1 heterocycles. The largest absolute Gasteiger partial charge is 0.322 e. The van der Waals surface area contributed by atoms with Gasteiger partial charge in [0.05, 0.1) is 5.69 Å². The van der Waals surface area contributed by atoms with Crippen molar-refractivity contribution in [2.24, 2.45) is 0 Å². The van der Waals surface area contributed by atoms with Crippen LogP contribution in [0.1, 0.15) is 55.0 Å². The van der Waals surface area contributed by atoms with Crippen LogP contribution in [0.15, 0.2) is 60.7 Å². The van der Waals surface area contributed by atoms with Gasteiger partial charge in [-0.2, -0.15) is 0 Å². The van der Waals surface area contributed by atoms with Gasteiger partial charge in [-0.15, -0.1) is 0 Å². The van der Waals surface area contributed by atoms with Gasteiger partial charge in [0.1, 0.15) is 0 Å². The number of fused-ring (bicyclic) bond motifs is 1. The summed E-state index contributed by atoms with van der Waals surface area (Å²) in [6.45, 7) is 4.22. The van der Waals surface area contributed by atoms with E-state index in [-0.39, 0.29) is 17.6 Å². The minimum absolute atomic E-state index is 0.0104. The van der Waals surface area contributed by atoms with Crippen LogP contribution in [-0.4, -0.2) is 24.1 Å². The SMILES string of the molecule is Cc1cccc(C(=O)Nc2ccc(C(=O)N3CCCC(=O)c4cc(Cl)ccc43)c(C)c2)c1. The molecule has 3 aromatic rings. The molecule has 0 atom stereocenters. The van der Waals surface area contributed by atoms with Crippen molar-refractivity contribution in [3.05, 3.63) is 93.5 Å². The highest BCUT2D eigenvalue weighted by atomic mass is 35.5. The summed E-state index contributed by atoms with van der Waals surface area (Å²) in [5.74, 6) is -0.398. The monoisotopic (exact) mass is 446 g/mol. The normalized spacial score (nSPS) is 13.3. The second-order valence-electron chi connectivity index (χ2n) is 8.00. The summed E-state index contributed by atoms with van der Waals surface area (Å²) >= 11 is 6.09. The van der Waals surface area contributed by atoms with E-state index in [4.69, 9.17) is 11.6 Å². The lowest BCUT2D eigenvalue weighted by Crippen LogP contribution is -2.32. The predicted octanol–water partition coefficient (Wildman–Crippen LogP) is 5.83. The lowest BCUT2D eigenvalue weighted by molar-refractivity contribution is 0.0973. The number of halogens is 1. The van der Waals surface area contributed by atoms with Crippen LogP contribution in [0.25, 0.3) is 0 Å². The van der Waals surface area contributed by atoms with Crippen molar-refractivity contribution in [3.63, 3.8) is 0 Å². The highest BCUT2D eigenvalue weighted by Gasteiger charge is 2.27. The van der Waals surface area contributed by atoms with E-state index in [2.05, 4.69) is 5.32 Å². The fraction of sp³-hybridized carbons (Fsp3) is 0.192. The third kappa shape index (κ3) is 4.43. The standard InChI is InChI=1S/C26H23ClN2O3/c1-16-5-3-6-18(13-16)25(31)28-20-9-10-21(17(2)14-20)26(32)29-12-4-7-24(30)22-15-19(27)8-11-23(22)29/h3,5-6,8-11,13-15H,4,7,12H2,1-2H3,(H,28,31). The molecule has 0 aromatic heterocycles. The van der Waals surface area contributed by atoms with Crippen molar-refractivity contribution in [3.8, 4) is 0 Å². The number of aryl methyl sites for hydroxylation is 2. The van der Waals surface area contributed by atoms with Gasteiger partial charge in [0.25, 0.3) is 11.8 Å². The van der Waals surface area contributed by atoms with Crippen molar-refractivity contribution in [1.82, 2.24) is 0 Å². The number of Topliss-reactive ketones (excluding diaryl/α,β-unsaturated/α-hetero) is 1. The van der Waals surface area contributed by atoms with Crippen molar-refractivity contribution < 1.29 is 14.4 Å². The number of nitrogens with one attached hydrogen (secondary N) is 1. The average molecular weight is 447 g/mol. The van der Waals surface area contributed by atoms with Crippen LogP contribution in [0.3, 0.4) is 0 Å². The highest BCUT2D eigenvalue weighted by Crippen LogP contribution is 2.31. The van der Waals surface area contributed by atoms with Crippen LogP contribution in [0.2, 0.25) is 5.02 Å². The molecular formula is C26H23ClN2O3. The van der Waals surface area contributed by atoms with E-state index in [0.717, 1.165) is 11.1 Å². The molecule has 0 unspecified atom stereocenters. The fourth-order valence-corrected chi connectivity index (χ4v) is 4.12. The van der Waals surface area contributed by atoms with Gasteiger partial charge in [0.15, 0.2) is 5.78 Å².